The molecule has 3 nitrogen and oxygen atoms in total. The Kier molecular flexibility index (Phi) is 3.62. The monoisotopic (exact) mass is 271 g/mol. The average Bonchev–Trinajstić information content (AvgIpc) is 2.48. The van der Waals surface area contributed by atoms with E-state index in [-0.39, 0.29) is 5.41 Å². The third-order valence-electron chi connectivity index (χ3n) is 4.58. The molecule has 0 spiro atoms. The van der Waals surface area contributed by atoms with Gasteiger partial charge >= 0.3 is 0 Å². The van der Waals surface area contributed by atoms with Gasteiger partial charge in [0.25, 0.3) is 0 Å². The number of hydrogen-bond donors (Lipinski definition) is 1. The molecule has 3 rings (SSSR count). The Balaban J connectivity index is 1.90. The van der Waals surface area contributed by atoms with Gasteiger partial charge in [-0.1, -0.05) is 17.7 Å². The van der Waals surface area contributed by atoms with Crippen molar-refractivity contribution >= 4 is 5.78 Å². The lowest BCUT2D eigenvalue weighted by Crippen LogP contribution is -2.45. The van der Waals surface area contributed by atoms with Gasteiger partial charge in [-0.25, -0.2) is 0 Å². The Morgan fingerprint density at radius 3 is 3.10 bits per heavy atom. The summed E-state index contributed by atoms with van der Waals surface area (Å²) in [4.78, 5) is 11.7. The molecule has 1 atom stereocenters. The van der Waals surface area contributed by atoms with Gasteiger partial charge in [-0.2, -0.15) is 0 Å². The predicted octanol–water partition coefficient (Wildman–Crippen LogP) is 2.51. The second-order valence-corrected chi connectivity index (χ2v) is 5.87. The van der Waals surface area contributed by atoms with Crippen molar-refractivity contribution < 1.29 is 9.53 Å². The molecule has 0 radical (unpaired) electrons. The Bertz CT molecular complexity index is 550. The Labute approximate surface area is 120 Å². The molecule has 20 heavy (non-hydrogen) atoms. The number of carbonyl (C=O) groups excluding carboxylic acids is 1. The Morgan fingerprint density at radius 2 is 2.25 bits per heavy atom. The molecule has 1 aliphatic heterocycles. The number of fused-ring (bicyclic) bond motifs is 1. The summed E-state index contributed by atoms with van der Waals surface area (Å²) < 4.78 is 5.31. The summed E-state index contributed by atoms with van der Waals surface area (Å²) in [6.45, 7) is 1.96. The molecule has 106 valence electrons. The predicted molar refractivity (Wildman–Crippen MR) is 78.9 cm³/mol. The third kappa shape index (κ3) is 2.50. The van der Waals surface area contributed by atoms with E-state index in [9.17, 15) is 4.79 Å². The second kappa shape index (κ2) is 5.41. The van der Waals surface area contributed by atoms with Crippen LogP contribution in [0.4, 0.5) is 0 Å². The maximum absolute atomic E-state index is 11.7. The van der Waals surface area contributed by atoms with Crippen molar-refractivity contribution in [2.24, 2.45) is 5.41 Å². The first kappa shape index (κ1) is 13.4. The van der Waals surface area contributed by atoms with Crippen molar-refractivity contribution in [3.63, 3.8) is 0 Å². The Morgan fingerprint density at radius 1 is 1.35 bits per heavy atom. The number of carbonyl (C=O) groups is 1. The lowest BCUT2D eigenvalue weighted by Gasteiger charge is -2.42. The van der Waals surface area contributed by atoms with E-state index in [1.807, 2.05) is 18.2 Å². The van der Waals surface area contributed by atoms with Gasteiger partial charge in [-0.15, -0.1) is 0 Å². The second-order valence-electron chi connectivity index (χ2n) is 5.87. The standard InChI is InChI=1S/C17H21NO2/c1-20-16-4-2-3-13(9-16)11-17-7-5-15(19)10-14(17)6-8-18-12-17/h2-4,9-10,18H,5-8,11-12H2,1H3. The Hall–Kier alpha value is -1.61. The van der Waals surface area contributed by atoms with Crippen LogP contribution in [0, 0.1) is 5.41 Å². The van der Waals surface area contributed by atoms with Gasteiger partial charge in [-0.3, -0.25) is 4.79 Å². The highest BCUT2D eigenvalue weighted by Crippen LogP contribution is 2.42. The van der Waals surface area contributed by atoms with Crippen LogP contribution in [-0.4, -0.2) is 26.0 Å². The van der Waals surface area contributed by atoms with Crippen molar-refractivity contribution in [2.45, 2.75) is 25.7 Å². The molecule has 0 saturated carbocycles. The van der Waals surface area contributed by atoms with Gasteiger partial charge in [-0.05, 0) is 49.6 Å². The molecule has 1 N–H and O–H groups in total. The lowest BCUT2D eigenvalue weighted by atomic mass is 9.66. The van der Waals surface area contributed by atoms with E-state index < -0.39 is 0 Å². The van der Waals surface area contributed by atoms with Gasteiger partial charge in [0.05, 0.1) is 7.11 Å². The van der Waals surface area contributed by atoms with Crippen LogP contribution in [0.15, 0.2) is 35.9 Å². The van der Waals surface area contributed by atoms with Gasteiger partial charge in [0.2, 0.25) is 0 Å². The molecule has 0 bridgehead atoms. The number of ketones is 1. The molecule has 1 fully saturated rings. The van der Waals surface area contributed by atoms with Crippen LogP contribution < -0.4 is 10.1 Å². The zero-order chi connectivity index (χ0) is 14.0. The number of piperidine rings is 1. The van der Waals surface area contributed by atoms with Crippen molar-refractivity contribution in [1.29, 1.82) is 0 Å². The number of hydrogen-bond acceptors (Lipinski definition) is 3. The quantitative estimate of drug-likeness (QED) is 0.918. The summed E-state index contributed by atoms with van der Waals surface area (Å²) in [5.41, 5.74) is 2.75. The van der Waals surface area contributed by atoms with E-state index in [4.69, 9.17) is 4.74 Å². The summed E-state index contributed by atoms with van der Waals surface area (Å²) in [6.07, 6.45) is 5.52. The van der Waals surface area contributed by atoms with Gasteiger partial charge in [0, 0.05) is 18.4 Å². The third-order valence-corrected chi connectivity index (χ3v) is 4.58. The van der Waals surface area contributed by atoms with E-state index in [1.165, 1.54) is 11.1 Å². The first-order valence-electron chi connectivity index (χ1n) is 7.29. The minimum atomic E-state index is 0.124. The van der Waals surface area contributed by atoms with Crippen LogP contribution in [0.25, 0.3) is 0 Å². The van der Waals surface area contributed by atoms with Crippen molar-refractivity contribution in [3.05, 3.63) is 41.5 Å². The molecule has 0 amide bonds. The van der Waals surface area contributed by atoms with Gasteiger partial charge in [0.1, 0.15) is 5.75 Å². The van der Waals surface area contributed by atoms with Crippen LogP contribution >= 0.6 is 0 Å². The minimum absolute atomic E-state index is 0.124. The number of ether oxygens (including phenoxy) is 1. The van der Waals surface area contributed by atoms with E-state index in [2.05, 4.69) is 17.4 Å². The van der Waals surface area contributed by atoms with E-state index >= 15 is 0 Å². The summed E-state index contributed by atoms with van der Waals surface area (Å²) in [7, 11) is 1.70. The molecular weight excluding hydrogens is 250 g/mol. The number of benzene rings is 1. The summed E-state index contributed by atoms with van der Waals surface area (Å²) in [5.74, 6) is 1.20. The zero-order valence-corrected chi connectivity index (χ0v) is 11.9. The van der Waals surface area contributed by atoms with Gasteiger partial charge in [0.15, 0.2) is 5.78 Å². The SMILES string of the molecule is COc1cccc(CC23CCC(=O)C=C2CCNC3)c1. The number of allylic oxidation sites excluding steroid dienone is 1. The molecule has 1 aromatic carbocycles. The largest absolute Gasteiger partial charge is 0.497 e. The fourth-order valence-corrected chi connectivity index (χ4v) is 3.47. The van der Waals surface area contributed by atoms with Crippen molar-refractivity contribution in [1.82, 2.24) is 5.32 Å². The lowest BCUT2D eigenvalue weighted by molar-refractivity contribution is -0.115. The van der Waals surface area contributed by atoms with Gasteiger partial charge < -0.3 is 10.1 Å². The fourth-order valence-electron chi connectivity index (χ4n) is 3.47. The summed E-state index contributed by atoms with van der Waals surface area (Å²) in [6, 6.07) is 8.27. The van der Waals surface area contributed by atoms with Crippen LogP contribution in [0.2, 0.25) is 0 Å². The van der Waals surface area contributed by atoms with E-state index in [1.54, 1.807) is 7.11 Å². The van der Waals surface area contributed by atoms with Crippen LogP contribution in [-0.2, 0) is 11.2 Å². The fraction of sp³-hybridized carbons (Fsp3) is 0.471. The highest BCUT2D eigenvalue weighted by Gasteiger charge is 2.39. The number of methoxy groups -OCH3 is 1. The number of nitrogens with one attached hydrogen (secondary N) is 1. The molecule has 1 aliphatic carbocycles. The van der Waals surface area contributed by atoms with E-state index in [0.29, 0.717) is 12.2 Å². The molecular formula is C17H21NO2. The smallest absolute Gasteiger partial charge is 0.155 e. The first-order chi connectivity index (χ1) is 9.72. The molecule has 1 aromatic rings. The normalized spacial score (nSPS) is 25.9. The highest BCUT2D eigenvalue weighted by atomic mass is 16.5. The highest BCUT2D eigenvalue weighted by molar-refractivity contribution is 5.91. The maximum Gasteiger partial charge on any atom is 0.155 e. The molecule has 1 heterocycles. The maximum atomic E-state index is 11.7. The van der Waals surface area contributed by atoms with E-state index in [0.717, 1.165) is 38.1 Å². The average molecular weight is 271 g/mol. The van der Waals surface area contributed by atoms with Crippen LogP contribution in [0.5, 0.6) is 5.75 Å². The van der Waals surface area contributed by atoms with Crippen LogP contribution in [0.3, 0.4) is 0 Å². The topological polar surface area (TPSA) is 38.3 Å². The zero-order valence-electron chi connectivity index (χ0n) is 11.9. The summed E-state index contributed by atoms with van der Waals surface area (Å²) in [5, 5.41) is 3.51. The number of rotatable bonds is 3. The molecule has 3 heteroatoms. The molecule has 2 aliphatic rings. The minimum Gasteiger partial charge on any atom is -0.497 e. The molecule has 1 unspecified atom stereocenters. The first-order valence-corrected chi connectivity index (χ1v) is 7.29. The van der Waals surface area contributed by atoms with Crippen molar-refractivity contribution in [3.8, 4) is 5.75 Å². The molecule has 0 aromatic heterocycles. The molecule has 1 saturated heterocycles. The summed E-state index contributed by atoms with van der Waals surface area (Å²) >= 11 is 0. The van der Waals surface area contributed by atoms with Crippen LogP contribution in [0.1, 0.15) is 24.8 Å². The van der Waals surface area contributed by atoms with Crippen molar-refractivity contribution in [2.75, 3.05) is 20.2 Å².